The van der Waals surface area contributed by atoms with Crippen molar-refractivity contribution in [2.75, 3.05) is 12.8 Å². The number of hydrogen-bond donors (Lipinski definition) is 3. The number of phenolic OH excluding ortho intramolecular Hbond substituents is 1. The summed E-state index contributed by atoms with van der Waals surface area (Å²) in [4.78, 5) is 20.3. The van der Waals surface area contributed by atoms with E-state index in [1.165, 1.54) is 7.11 Å². The summed E-state index contributed by atoms with van der Waals surface area (Å²) in [7, 11) is 1.36. The number of carbonyl (C=O) groups excluding carboxylic acids is 1. The number of esters is 1. The van der Waals surface area contributed by atoms with E-state index >= 15 is 0 Å². The lowest BCUT2D eigenvalue weighted by molar-refractivity contribution is -0.141. The van der Waals surface area contributed by atoms with Crippen molar-refractivity contribution in [3.8, 4) is 16.9 Å². The molecule has 0 aliphatic heterocycles. The van der Waals surface area contributed by atoms with E-state index in [-0.39, 0.29) is 5.75 Å². The SMILES string of the molecule is CC.COC(=O)C(c1ccc(O)cc1)c1c[nH]c2nccc(-c3ccccc3N)c12. The Labute approximate surface area is 175 Å². The van der Waals surface area contributed by atoms with Crippen molar-refractivity contribution in [1.29, 1.82) is 0 Å². The minimum atomic E-state index is -0.674. The maximum absolute atomic E-state index is 12.7. The Bertz CT molecular complexity index is 1150. The number of rotatable bonds is 4. The number of pyridine rings is 1. The number of nitrogens with two attached hydrogens (primary N) is 1. The molecule has 154 valence electrons. The molecule has 2 heterocycles. The highest BCUT2D eigenvalue weighted by Crippen LogP contribution is 2.38. The van der Waals surface area contributed by atoms with Gasteiger partial charge in [0.05, 0.1) is 7.11 Å². The number of H-pyrrole nitrogens is 1. The molecule has 0 saturated carbocycles. The van der Waals surface area contributed by atoms with Gasteiger partial charge in [-0.1, -0.05) is 44.2 Å². The first-order chi connectivity index (χ1) is 14.6. The van der Waals surface area contributed by atoms with Gasteiger partial charge in [0.2, 0.25) is 0 Å². The first-order valence-corrected chi connectivity index (χ1v) is 9.77. The predicted octanol–water partition coefficient (Wildman–Crippen LogP) is 4.85. The van der Waals surface area contributed by atoms with E-state index < -0.39 is 11.9 Å². The molecule has 4 rings (SSSR count). The smallest absolute Gasteiger partial charge is 0.317 e. The summed E-state index contributed by atoms with van der Waals surface area (Å²) in [5.41, 5.74) is 10.7. The molecule has 2 aromatic carbocycles. The summed E-state index contributed by atoms with van der Waals surface area (Å²) in [6, 6.07) is 16.0. The van der Waals surface area contributed by atoms with E-state index in [2.05, 4.69) is 9.97 Å². The highest BCUT2D eigenvalue weighted by atomic mass is 16.5. The number of methoxy groups -OCH3 is 1. The number of para-hydroxylation sites is 1. The van der Waals surface area contributed by atoms with Crippen LogP contribution in [0.3, 0.4) is 0 Å². The first-order valence-electron chi connectivity index (χ1n) is 9.77. The first kappa shape index (κ1) is 20.9. The van der Waals surface area contributed by atoms with Crippen molar-refractivity contribution in [2.45, 2.75) is 19.8 Å². The van der Waals surface area contributed by atoms with Crippen LogP contribution in [0.15, 0.2) is 67.0 Å². The molecule has 30 heavy (non-hydrogen) atoms. The molecule has 0 aliphatic rings. The highest BCUT2D eigenvalue weighted by molar-refractivity contribution is 6.01. The molecule has 1 atom stereocenters. The van der Waals surface area contributed by atoms with Gasteiger partial charge in [-0.05, 0) is 41.0 Å². The summed E-state index contributed by atoms with van der Waals surface area (Å²) in [5.74, 6) is -0.944. The van der Waals surface area contributed by atoms with Crippen LogP contribution in [-0.2, 0) is 9.53 Å². The molecule has 0 aliphatic carbocycles. The van der Waals surface area contributed by atoms with Gasteiger partial charge in [-0.3, -0.25) is 4.79 Å². The fourth-order valence-electron chi connectivity index (χ4n) is 3.50. The van der Waals surface area contributed by atoms with Crippen LogP contribution in [0.4, 0.5) is 5.69 Å². The minimum absolute atomic E-state index is 0.130. The van der Waals surface area contributed by atoms with Gasteiger partial charge < -0.3 is 20.6 Å². The van der Waals surface area contributed by atoms with E-state index in [9.17, 15) is 9.90 Å². The number of anilines is 1. The lowest BCUT2D eigenvalue weighted by atomic mass is 9.89. The zero-order valence-corrected chi connectivity index (χ0v) is 17.2. The monoisotopic (exact) mass is 403 g/mol. The van der Waals surface area contributed by atoms with Crippen LogP contribution in [0.2, 0.25) is 0 Å². The molecule has 1 unspecified atom stereocenters. The molecule has 0 saturated heterocycles. The normalized spacial score (nSPS) is 11.4. The van der Waals surface area contributed by atoms with Crippen LogP contribution < -0.4 is 5.73 Å². The largest absolute Gasteiger partial charge is 0.508 e. The molecule has 0 bridgehead atoms. The average Bonchev–Trinajstić information content (AvgIpc) is 3.21. The Morgan fingerprint density at radius 2 is 1.77 bits per heavy atom. The van der Waals surface area contributed by atoms with Crippen molar-refractivity contribution >= 4 is 22.7 Å². The zero-order valence-electron chi connectivity index (χ0n) is 17.2. The minimum Gasteiger partial charge on any atom is -0.508 e. The second-order valence-corrected chi connectivity index (χ2v) is 6.46. The van der Waals surface area contributed by atoms with Gasteiger partial charge in [0.15, 0.2) is 0 Å². The van der Waals surface area contributed by atoms with E-state index in [0.29, 0.717) is 16.9 Å². The fraction of sp³-hybridized carbons (Fsp3) is 0.167. The molecule has 4 N–H and O–H groups in total. The Morgan fingerprint density at radius 1 is 1.07 bits per heavy atom. The number of ether oxygens (including phenoxy) is 1. The van der Waals surface area contributed by atoms with Crippen LogP contribution in [0.25, 0.3) is 22.2 Å². The maximum Gasteiger partial charge on any atom is 0.317 e. The van der Waals surface area contributed by atoms with Gasteiger partial charge in [0, 0.05) is 29.0 Å². The number of benzene rings is 2. The number of nitrogens with zero attached hydrogens (tertiary/aromatic N) is 1. The summed E-state index contributed by atoms with van der Waals surface area (Å²) in [5, 5.41) is 10.4. The zero-order chi connectivity index (χ0) is 21.7. The highest BCUT2D eigenvalue weighted by Gasteiger charge is 2.28. The summed E-state index contributed by atoms with van der Waals surface area (Å²) in [6.07, 6.45) is 3.48. The van der Waals surface area contributed by atoms with Gasteiger partial charge >= 0.3 is 5.97 Å². The molecule has 0 spiro atoms. The van der Waals surface area contributed by atoms with Crippen LogP contribution in [-0.4, -0.2) is 28.2 Å². The molecule has 2 aromatic heterocycles. The third-order valence-corrected chi connectivity index (χ3v) is 4.83. The van der Waals surface area contributed by atoms with Gasteiger partial charge in [-0.15, -0.1) is 0 Å². The number of nitrogen functional groups attached to an aromatic ring is 1. The fourth-order valence-corrected chi connectivity index (χ4v) is 3.50. The third-order valence-electron chi connectivity index (χ3n) is 4.83. The summed E-state index contributed by atoms with van der Waals surface area (Å²) in [6.45, 7) is 4.00. The second kappa shape index (κ2) is 9.13. The average molecular weight is 403 g/mol. The van der Waals surface area contributed by atoms with Crippen LogP contribution in [0, 0.1) is 0 Å². The van der Waals surface area contributed by atoms with Crippen molar-refractivity contribution in [3.05, 3.63) is 78.1 Å². The Morgan fingerprint density at radius 3 is 2.43 bits per heavy atom. The summed E-state index contributed by atoms with van der Waals surface area (Å²) >= 11 is 0. The predicted molar refractivity (Wildman–Crippen MR) is 119 cm³/mol. The van der Waals surface area contributed by atoms with Gasteiger partial charge in [0.1, 0.15) is 17.3 Å². The van der Waals surface area contributed by atoms with Crippen molar-refractivity contribution in [2.24, 2.45) is 0 Å². The Hall–Kier alpha value is -3.80. The summed E-state index contributed by atoms with van der Waals surface area (Å²) < 4.78 is 5.08. The van der Waals surface area contributed by atoms with Crippen molar-refractivity contribution < 1.29 is 14.6 Å². The van der Waals surface area contributed by atoms with Gasteiger partial charge in [-0.2, -0.15) is 0 Å². The van der Waals surface area contributed by atoms with E-state index in [4.69, 9.17) is 10.5 Å². The van der Waals surface area contributed by atoms with E-state index in [1.807, 2.05) is 44.2 Å². The topological polar surface area (TPSA) is 101 Å². The molecular weight excluding hydrogens is 378 g/mol. The quantitative estimate of drug-likeness (QED) is 0.334. The number of phenols is 1. The molecular formula is C24H25N3O3. The van der Waals surface area contributed by atoms with Crippen molar-refractivity contribution in [3.63, 3.8) is 0 Å². The molecule has 6 heteroatoms. The van der Waals surface area contributed by atoms with Crippen molar-refractivity contribution in [1.82, 2.24) is 9.97 Å². The van der Waals surface area contributed by atoms with Crippen LogP contribution in [0.1, 0.15) is 30.9 Å². The number of aromatic nitrogens is 2. The number of aromatic hydroxyl groups is 1. The molecule has 0 radical (unpaired) electrons. The Balaban J connectivity index is 0.00000124. The number of aromatic amines is 1. The van der Waals surface area contributed by atoms with Crippen LogP contribution in [0.5, 0.6) is 5.75 Å². The number of nitrogens with one attached hydrogen (secondary N) is 1. The maximum atomic E-state index is 12.7. The van der Waals surface area contributed by atoms with Crippen LogP contribution >= 0.6 is 0 Å². The van der Waals surface area contributed by atoms with Gasteiger partial charge in [-0.25, -0.2) is 4.98 Å². The lowest BCUT2D eigenvalue weighted by Gasteiger charge is -2.16. The van der Waals surface area contributed by atoms with Gasteiger partial charge in [0.25, 0.3) is 0 Å². The second-order valence-electron chi connectivity index (χ2n) is 6.46. The molecule has 0 amide bonds. The number of hydrogen-bond acceptors (Lipinski definition) is 5. The van der Waals surface area contributed by atoms with E-state index in [0.717, 1.165) is 22.1 Å². The standard InChI is InChI=1S/C22H19N3O3.C2H6/c1-28-22(27)19(13-6-8-14(26)9-7-13)17-12-25-21-20(17)16(10-11-24-21)15-4-2-3-5-18(15)23;1-2/h2-12,19,26H,23H2,1H3,(H,24,25);1-2H3. The third kappa shape index (κ3) is 3.85. The number of fused-ring (bicyclic) bond motifs is 1. The molecule has 6 nitrogen and oxygen atoms in total. The Kier molecular flexibility index (Phi) is 6.37. The lowest BCUT2D eigenvalue weighted by Crippen LogP contribution is -2.15. The number of carbonyl (C=O) groups is 1. The molecule has 0 fully saturated rings. The van der Waals surface area contributed by atoms with E-state index in [1.54, 1.807) is 36.7 Å². The molecule has 4 aromatic rings.